The number of unbranched alkanes of at least 4 members (excludes halogenated alkanes) is 1. The molecule has 18 heavy (non-hydrogen) atoms. The van der Waals surface area contributed by atoms with Crippen molar-refractivity contribution in [2.24, 2.45) is 5.73 Å². The summed E-state index contributed by atoms with van der Waals surface area (Å²) in [7, 11) is 0. The SMILES string of the molecule is NC(=O)CCCCNC(=O)c1cc(Cl)nc(Cl)c1. The molecule has 0 aromatic carbocycles. The predicted molar refractivity (Wildman–Crippen MR) is 69.6 cm³/mol. The number of carbonyl (C=O) groups is 2. The van der Waals surface area contributed by atoms with Gasteiger partial charge in [0.15, 0.2) is 0 Å². The molecule has 0 bridgehead atoms. The Bertz CT molecular complexity index is 432. The maximum atomic E-state index is 11.7. The smallest absolute Gasteiger partial charge is 0.251 e. The molecule has 1 aromatic heterocycles. The minimum absolute atomic E-state index is 0.168. The first-order chi connectivity index (χ1) is 8.49. The highest BCUT2D eigenvalue weighted by Crippen LogP contribution is 2.14. The van der Waals surface area contributed by atoms with Gasteiger partial charge in [-0.25, -0.2) is 4.98 Å². The lowest BCUT2D eigenvalue weighted by atomic mass is 10.2. The molecular formula is C11H13Cl2N3O2. The Morgan fingerprint density at radius 2 is 1.83 bits per heavy atom. The number of hydrogen-bond acceptors (Lipinski definition) is 3. The van der Waals surface area contributed by atoms with Crippen LogP contribution in [0.15, 0.2) is 12.1 Å². The monoisotopic (exact) mass is 289 g/mol. The van der Waals surface area contributed by atoms with E-state index in [2.05, 4.69) is 10.3 Å². The molecule has 0 saturated heterocycles. The molecule has 0 fully saturated rings. The third-order valence-corrected chi connectivity index (χ3v) is 2.55. The maximum absolute atomic E-state index is 11.7. The van der Waals surface area contributed by atoms with E-state index in [9.17, 15) is 9.59 Å². The molecule has 0 aliphatic heterocycles. The standard InChI is InChI=1S/C11H13Cl2N3O2/c12-8-5-7(6-9(13)16-8)11(18)15-4-2-1-3-10(14)17/h5-6H,1-4H2,(H2,14,17)(H,15,18). The second kappa shape index (κ2) is 7.18. The quantitative estimate of drug-likeness (QED) is 0.618. The molecule has 0 aliphatic carbocycles. The van der Waals surface area contributed by atoms with E-state index in [1.807, 2.05) is 0 Å². The zero-order chi connectivity index (χ0) is 13.5. The van der Waals surface area contributed by atoms with Crippen LogP contribution in [0.5, 0.6) is 0 Å². The Balaban J connectivity index is 2.38. The Morgan fingerprint density at radius 3 is 2.39 bits per heavy atom. The van der Waals surface area contributed by atoms with Crippen LogP contribution < -0.4 is 11.1 Å². The van der Waals surface area contributed by atoms with E-state index < -0.39 is 0 Å². The van der Waals surface area contributed by atoms with Gasteiger partial charge in [0.2, 0.25) is 5.91 Å². The van der Waals surface area contributed by atoms with Crippen molar-refractivity contribution in [3.63, 3.8) is 0 Å². The van der Waals surface area contributed by atoms with E-state index in [0.29, 0.717) is 31.4 Å². The number of halogens is 2. The second-order valence-corrected chi connectivity index (χ2v) is 4.46. The number of pyridine rings is 1. The van der Waals surface area contributed by atoms with E-state index >= 15 is 0 Å². The van der Waals surface area contributed by atoms with Gasteiger partial charge in [0.25, 0.3) is 5.91 Å². The normalized spacial score (nSPS) is 10.1. The van der Waals surface area contributed by atoms with Crippen molar-refractivity contribution in [3.8, 4) is 0 Å². The summed E-state index contributed by atoms with van der Waals surface area (Å²) < 4.78 is 0. The minimum Gasteiger partial charge on any atom is -0.370 e. The summed E-state index contributed by atoms with van der Waals surface area (Å²) in [5.74, 6) is -0.616. The molecule has 5 nitrogen and oxygen atoms in total. The first-order valence-electron chi connectivity index (χ1n) is 5.38. The highest BCUT2D eigenvalue weighted by molar-refractivity contribution is 6.33. The molecule has 0 aliphatic rings. The fraction of sp³-hybridized carbons (Fsp3) is 0.364. The van der Waals surface area contributed by atoms with Gasteiger partial charge in [-0.1, -0.05) is 23.2 Å². The first-order valence-corrected chi connectivity index (χ1v) is 6.14. The fourth-order valence-electron chi connectivity index (χ4n) is 1.32. The molecule has 98 valence electrons. The number of nitrogens with two attached hydrogens (primary N) is 1. The molecule has 3 N–H and O–H groups in total. The third-order valence-electron chi connectivity index (χ3n) is 2.16. The number of rotatable bonds is 6. The van der Waals surface area contributed by atoms with Gasteiger partial charge >= 0.3 is 0 Å². The van der Waals surface area contributed by atoms with E-state index in [0.717, 1.165) is 0 Å². The van der Waals surface area contributed by atoms with Crippen molar-refractivity contribution in [2.75, 3.05) is 6.54 Å². The molecule has 0 spiro atoms. The Kier molecular flexibility index (Phi) is 5.88. The highest BCUT2D eigenvalue weighted by atomic mass is 35.5. The minimum atomic E-state index is -0.339. The van der Waals surface area contributed by atoms with Crippen LogP contribution >= 0.6 is 23.2 Å². The zero-order valence-corrected chi connectivity index (χ0v) is 11.1. The van der Waals surface area contributed by atoms with Gasteiger partial charge in [-0.05, 0) is 25.0 Å². The Morgan fingerprint density at radius 1 is 1.22 bits per heavy atom. The third kappa shape index (κ3) is 5.33. The Labute approximate surface area is 115 Å². The number of hydrogen-bond donors (Lipinski definition) is 2. The topological polar surface area (TPSA) is 85.1 Å². The number of primary amides is 1. The lowest BCUT2D eigenvalue weighted by Crippen LogP contribution is -2.24. The summed E-state index contributed by atoms with van der Waals surface area (Å²) in [6.07, 6.45) is 1.65. The van der Waals surface area contributed by atoms with Crippen LogP contribution in [-0.2, 0) is 4.79 Å². The van der Waals surface area contributed by atoms with Crippen LogP contribution in [0.25, 0.3) is 0 Å². The molecule has 0 unspecified atom stereocenters. The molecule has 1 heterocycles. The molecule has 0 radical (unpaired) electrons. The van der Waals surface area contributed by atoms with E-state index in [1.165, 1.54) is 12.1 Å². The molecule has 7 heteroatoms. The fourth-order valence-corrected chi connectivity index (χ4v) is 1.78. The molecule has 1 rings (SSSR count). The van der Waals surface area contributed by atoms with Crippen molar-refractivity contribution in [3.05, 3.63) is 28.0 Å². The first kappa shape index (κ1) is 14.7. The van der Waals surface area contributed by atoms with Gasteiger partial charge in [0.1, 0.15) is 10.3 Å². The van der Waals surface area contributed by atoms with E-state index in [4.69, 9.17) is 28.9 Å². The van der Waals surface area contributed by atoms with Crippen molar-refractivity contribution in [2.45, 2.75) is 19.3 Å². The van der Waals surface area contributed by atoms with Gasteiger partial charge in [-0.15, -0.1) is 0 Å². The average Bonchev–Trinajstić information content (AvgIpc) is 2.26. The zero-order valence-electron chi connectivity index (χ0n) is 9.58. The summed E-state index contributed by atoms with van der Waals surface area (Å²) in [5, 5.41) is 3.03. The maximum Gasteiger partial charge on any atom is 0.251 e. The van der Waals surface area contributed by atoms with Crippen LogP contribution in [0.4, 0.5) is 0 Å². The highest BCUT2D eigenvalue weighted by Gasteiger charge is 2.07. The van der Waals surface area contributed by atoms with Crippen molar-refractivity contribution >= 4 is 35.0 Å². The Hall–Kier alpha value is -1.33. The largest absolute Gasteiger partial charge is 0.370 e. The summed E-state index contributed by atoms with van der Waals surface area (Å²) in [6, 6.07) is 2.87. The summed E-state index contributed by atoms with van der Waals surface area (Å²) >= 11 is 11.4. The number of carbonyl (C=O) groups excluding carboxylic acids is 2. The molecule has 1 aromatic rings. The van der Waals surface area contributed by atoms with Gasteiger partial charge < -0.3 is 11.1 Å². The number of nitrogens with one attached hydrogen (secondary N) is 1. The summed E-state index contributed by atoms with van der Waals surface area (Å²) in [6.45, 7) is 0.462. The van der Waals surface area contributed by atoms with Gasteiger partial charge in [-0.3, -0.25) is 9.59 Å². The van der Waals surface area contributed by atoms with Crippen LogP contribution in [0.1, 0.15) is 29.6 Å². The lowest BCUT2D eigenvalue weighted by Gasteiger charge is -2.05. The number of aromatic nitrogens is 1. The average molecular weight is 290 g/mol. The number of nitrogens with zero attached hydrogens (tertiary/aromatic N) is 1. The second-order valence-electron chi connectivity index (χ2n) is 3.68. The molecule has 0 saturated carbocycles. The van der Waals surface area contributed by atoms with Crippen LogP contribution in [0.3, 0.4) is 0 Å². The summed E-state index contributed by atoms with van der Waals surface area (Å²) in [5.41, 5.74) is 5.35. The lowest BCUT2D eigenvalue weighted by molar-refractivity contribution is -0.118. The van der Waals surface area contributed by atoms with Crippen LogP contribution in [0.2, 0.25) is 10.3 Å². The van der Waals surface area contributed by atoms with Crippen molar-refractivity contribution in [1.29, 1.82) is 0 Å². The van der Waals surface area contributed by atoms with E-state index in [1.54, 1.807) is 0 Å². The molecule has 0 atom stereocenters. The van der Waals surface area contributed by atoms with E-state index in [-0.39, 0.29) is 22.1 Å². The van der Waals surface area contributed by atoms with Gasteiger partial charge in [0.05, 0.1) is 0 Å². The van der Waals surface area contributed by atoms with Gasteiger partial charge in [0, 0.05) is 18.5 Å². The predicted octanol–water partition coefficient (Wildman–Crippen LogP) is 1.77. The van der Waals surface area contributed by atoms with Crippen molar-refractivity contribution in [1.82, 2.24) is 10.3 Å². The summed E-state index contributed by atoms with van der Waals surface area (Å²) in [4.78, 5) is 25.9. The van der Waals surface area contributed by atoms with Crippen molar-refractivity contribution < 1.29 is 9.59 Å². The molecular weight excluding hydrogens is 277 g/mol. The molecule has 2 amide bonds. The number of amides is 2. The van der Waals surface area contributed by atoms with Crippen LogP contribution in [-0.4, -0.2) is 23.3 Å². The van der Waals surface area contributed by atoms with Crippen LogP contribution in [0, 0.1) is 0 Å². The van der Waals surface area contributed by atoms with Gasteiger partial charge in [-0.2, -0.15) is 0 Å².